The molecule has 0 amide bonds. The molecule has 7 nitrogen and oxygen atoms in total. The molecule has 0 radical (unpaired) electrons. The summed E-state index contributed by atoms with van der Waals surface area (Å²) < 4.78 is 6.28. The highest BCUT2D eigenvalue weighted by Gasteiger charge is 2.20. The average Bonchev–Trinajstić information content (AvgIpc) is 2.63. The van der Waals surface area contributed by atoms with E-state index in [2.05, 4.69) is 5.10 Å². The highest BCUT2D eigenvalue weighted by atomic mass is 16.5. The highest BCUT2D eigenvalue weighted by Crippen LogP contribution is 2.23. The number of ether oxygens (including phenoxy) is 1. The standard InChI is InChI=1S/C11H10N2O5/c1-5-9(11(16)17)7-3-6(10(14)15)4-8(18-2)13(7)12-5/h3-4H,1-2H3,(H,14,15)(H,16,17). The van der Waals surface area contributed by atoms with E-state index in [9.17, 15) is 9.59 Å². The van der Waals surface area contributed by atoms with Crippen LogP contribution in [0.5, 0.6) is 5.88 Å². The van der Waals surface area contributed by atoms with E-state index in [1.54, 1.807) is 0 Å². The summed E-state index contributed by atoms with van der Waals surface area (Å²) in [7, 11) is 1.36. The fourth-order valence-electron chi connectivity index (χ4n) is 1.76. The maximum Gasteiger partial charge on any atom is 0.339 e. The molecule has 0 saturated heterocycles. The molecule has 0 bridgehead atoms. The van der Waals surface area contributed by atoms with Gasteiger partial charge in [-0.1, -0.05) is 0 Å². The van der Waals surface area contributed by atoms with Gasteiger partial charge in [0.05, 0.1) is 23.9 Å². The Morgan fingerprint density at radius 1 is 1.28 bits per heavy atom. The van der Waals surface area contributed by atoms with E-state index in [-0.39, 0.29) is 22.5 Å². The van der Waals surface area contributed by atoms with Crippen molar-refractivity contribution in [1.82, 2.24) is 9.61 Å². The fourth-order valence-corrected chi connectivity index (χ4v) is 1.76. The topological polar surface area (TPSA) is 101 Å². The number of rotatable bonds is 3. The molecule has 7 heteroatoms. The lowest BCUT2D eigenvalue weighted by molar-refractivity contribution is 0.0684. The molecule has 2 heterocycles. The molecular formula is C11H10N2O5. The molecule has 18 heavy (non-hydrogen) atoms. The van der Waals surface area contributed by atoms with Gasteiger partial charge in [-0.25, -0.2) is 9.59 Å². The molecule has 0 aliphatic carbocycles. The number of methoxy groups -OCH3 is 1. The summed E-state index contributed by atoms with van der Waals surface area (Å²) in [5.74, 6) is -2.15. The number of carboxylic acid groups (broad SMARTS) is 2. The van der Waals surface area contributed by atoms with Crippen molar-refractivity contribution in [3.63, 3.8) is 0 Å². The smallest absolute Gasteiger partial charge is 0.339 e. The van der Waals surface area contributed by atoms with E-state index in [4.69, 9.17) is 14.9 Å². The highest BCUT2D eigenvalue weighted by molar-refractivity contribution is 5.99. The lowest BCUT2D eigenvalue weighted by atomic mass is 10.1. The summed E-state index contributed by atoms with van der Waals surface area (Å²) in [6.45, 7) is 1.54. The number of fused-ring (bicyclic) bond motifs is 1. The maximum absolute atomic E-state index is 11.1. The molecule has 2 rings (SSSR count). The zero-order valence-electron chi connectivity index (χ0n) is 9.67. The number of aryl methyl sites for hydroxylation is 1. The van der Waals surface area contributed by atoms with Crippen LogP contribution >= 0.6 is 0 Å². The van der Waals surface area contributed by atoms with Gasteiger partial charge in [-0.05, 0) is 13.0 Å². The second-order valence-electron chi connectivity index (χ2n) is 3.65. The van der Waals surface area contributed by atoms with Crippen LogP contribution < -0.4 is 4.74 Å². The third-order valence-corrected chi connectivity index (χ3v) is 2.55. The summed E-state index contributed by atoms with van der Waals surface area (Å²) in [6.07, 6.45) is 0. The van der Waals surface area contributed by atoms with Crippen molar-refractivity contribution in [1.29, 1.82) is 0 Å². The number of nitrogens with zero attached hydrogens (tertiary/aromatic N) is 2. The van der Waals surface area contributed by atoms with E-state index in [1.807, 2.05) is 0 Å². The lowest BCUT2D eigenvalue weighted by Crippen LogP contribution is -2.03. The van der Waals surface area contributed by atoms with Crippen LogP contribution in [0.25, 0.3) is 5.52 Å². The van der Waals surface area contributed by atoms with Gasteiger partial charge in [-0.2, -0.15) is 9.61 Å². The number of carbonyl (C=O) groups is 2. The first-order valence-electron chi connectivity index (χ1n) is 4.99. The zero-order valence-corrected chi connectivity index (χ0v) is 9.67. The third kappa shape index (κ3) is 1.65. The minimum Gasteiger partial charge on any atom is -0.481 e. The van der Waals surface area contributed by atoms with Crippen molar-refractivity contribution < 1.29 is 24.5 Å². The summed E-state index contributed by atoms with van der Waals surface area (Å²) in [5.41, 5.74) is 0.401. The number of aromatic nitrogens is 2. The molecule has 0 saturated carbocycles. The monoisotopic (exact) mass is 250 g/mol. The lowest BCUT2D eigenvalue weighted by Gasteiger charge is -2.05. The quantitative estimate of drug-likeness (QED) is 0.844. The van der Waals surface area contributed by atoms with Gasteiger partial charge in [0, 0.05) is 6.07 Å². The van der Waals surface area contributed by atoms with Crippen molar-refractivity contribution in [3.05, 3.63) is 29.0 Å². The largest absolute Gasteiger partial charge is 0.481 e. The van der Waals surface area contributed by atoms with E-state index in [0.717, 1.165) is 0 Å². The first-order valence-corrected chi connectivity index (χ1v) is 4.99. The van der Waals surface area contributed by atoms with Gasteiger partial charge in [-0.3, -0.25) is 0 Å². The third-order valence-electron chi connectivity index (χ3n) is 2.55. The Morgan fingerprint density at radius 2 is 1.94 bits per heavy atom. The molecule has 2 aromatic rings. The van der Waals surface area contributed by atoms with Gasteiger partial charge in [0.25, 0.3) is 0 Å². The SMILES string of the molecule is COc1cc(C(=O)O)cc2c(C(=O)O)c(C)nn12. The van der Waals surface area contributed by atoms with E-state index in [1.165, 1.54) is 30.7 Å². The van der Waals surface area contributed by atoms with Gasteiger partial charge >= 0.3 is 11.9 Å². The molecular weight excluding hydrogens is 240 g/mol. The van der Waals surface area contributed by atoms with Gasteiger partial charge in [-0.15, -0.1) is 0 Å². The molecule has 0 aliphatic heterocycles. The summed E-state index contributed by atoms with van der Waals surface area (Å²) in [6, 6.07) is 2.54. The van der Waals surface area contributed by atoms with Crippen LogP contribution in [0.3, 0.4) is 0 Å². The maximum atomic E-state index is 11.1. The van der Waals surface area contributed by atoms with Crippen LogP contribution in [0.2, 0.25) is 0 Å². The number of hydrogen-bond donors (Lipinski definition) is 2. The molecule has 94 valence electrons. The Hall–Kier alpha value is -2.57. The average molecular weight is 250 g/mol. The van der Waals surface area contributed by atoms with Crippen LogP contribution in [0, 0.1) is 6.92 Å². The predicted octanol–water partition coefficient (Wildman–Crippen LogP) is 1.05. The van der Waals surface area contributed by atoms with Crippen molar-refractivity contribution >= 4 is 17.5 Å². The van der Waals surface area contributed by atoms with E-state index >= 15 is 0 Å². The number of hydrogen-bond acceptors (Lipinski definition) is 4. The molecule has 0 spiro atoms. The van der Waals surface area contributed by atoms with Crippen LogP contribution in [-0.2, 0) is 0 Å². The number of carboxylic acids is 2. The van der Waals surface area contributed by atoms with Crippen molar-refractivity contribution in [2.75, 3.05) is 7.11 Å². The molecule has 0 unspecified atom stereocenters. The molecule has 0 aromatic carbocycles. The minimum absolute atomic E-state index is 0.0311. The molecule has 0 aliphatic rings. The summed E-state index contributed by atoms with van der Waals surface area (Å²) >= 11 is 0. The van der Waals surface area contributed by atoms with Crippen LogP contribution in [-0.4, -0.2) is 38.9 Å². The van der Waals surface area contributed by atoms with Crippen molar-refractivity contribution in [2.24, 2.45) is 0 Å². The molecule has 2 aromatic heterocycles. The zero-order chi connectivity index (χ0) is 13.4. The minimum atomic E-state index is -1.16. The Balaban J connectivity index is 2.89. The van der Waals surface area contributed by atoms with Gasteiger partial charge in [0.2, 0.25) is 5.88 Å². The predicted molar refractivity (Wildman–Crippen MR) is 60.4 cm³/mol. The summed E-state index contributed by atoms with van der Waals surface area (Å²) in [4.78, 5) is 22.1. The van der Waals surface area contributed by atoms with Gasteiger partial charge in [0.15, 0.2) is 0 Å². The van der Waals surface area contributed by atoms with Crippen molar-refractivity contribution in [2.45, 2.75) is 6.92 Å². The Kier molecular flexibility index (Phi) is 2.66. The second kappa shape index (κ2) is 4.02. The van der Waals surface area contributed by atoms with Crippen LogP contribution in [0.15, 0.2) is 12.1 Å². The first-order chi connectivity index (χ1) is 8.45. The van der Waals surface area contributed by atoms with Crippen LogP contribution in [0.4, 0.5) is 0 Å². The first kappa shape index (κ1) is 11.9. The van der Waals surface area contributed by atoms with E-state index < -0.39 is 11.9 Å². The van der Waals surface area contributed by atoms with Gasteiger partial charge in [0.1, 0.15) is 5.56 Å². The molecule has 2 N–H and O–H groups in total. The normalized spacial score (nSPS) is 10.6. The fraction of sp³-hybridized carbons (Fsp3) is 0.182. The Bertz CT molecular complexity index is 659. The molecule has 0 atom stereocenters. The number of pyridine rings is 1. The number of aromatic carboxylic acids is 2. The summed E-state index contributed by atoms with van der Waals surface area (Å²) in [5, 5.41) is 22.1. The Morgan fingerprint density at radius 3 is 2.44 bits per heavy atom. The van der Waals surface area contributed by atoms with Crippen LogP contribution in [0.1, 0.15) is 26.4 Å². The molecule has 0 fully saturated rings. The van der Waals surface area contributed by atoms with Gasteiger partial charge < -0.3 is 14.9 Å². The Labute approximate surface area is 101 Å². The van der Waals surface area contributed by atoms with E-state index in [0.29, 0.717) is 5.69 Å². The second-order valence-corrected chi connectivity index (χ2v) is 3.65. The van der Waals surface area contributed by atoms with Crippen molar-refractivity contribution in [3.8, 4) is 5.88 Å².